The minimum absolute atomic E-state index is 0.0395. The minimum atomic E-state index is -4.45. The highest BCUT2D eigenvalue weighted by Gasteiger charge is 2.33. The summed E-state index contributed by atoms with van der Waals surface area (Å²) in [6, 6.07) is 14.2. The molecule has 1 N–H and O–H groups in total. The van der Waals surface area contributed by atoms with E-state index in [2.05, 4.69) is 15.5 Å². The number of carbonyl (C=O) groups excluding carboxylic acids is 1. The normalized spacial score (nSPS) is 11.6. The van der Waals surface area contributed by atoms with Crippen molar-refractivity contribution in [1.29, 1.82) is 0 Å². The summed E-state index contributed by atoms with van der Waals surface area (Å²) >= 11 is 0. The number of alkyl halides is 3. The second kappa shape index (κ2) is 8.22. The first-order chi connectivity index (χ1) is 13.3. The topological polar surface area (TPSA) is 71.3 Å². The smallest absolute Gasteiger partial charge is 0.403 e. The van der Waals surface area contributed by atoms with E-state index in [1.165, 1.54) is 23.1 Å². The van der Waals surface area contributed by atoms with E-state index in [9.17, 15) is 18.0 Å². The van der Waals surface area contributed by atoms with Crippen molar-refractivity contribution in [1.82, 2.24) is 15.1 Å². The van der Waals surface area contributed by atoms with Crippen LogP contribution in [0.5, 0.6) is 0 Å². The number of likely N-dealkylation sites (N-methyl/N-ethyl adjacent to an activating group) is 1. The van der Waals surface area contributed by atoms with Crippen LogP contribution >= 0.6 is 0 Å². The number of nitrogens with one attached hydrogen (secondary N) is 1. The first kappa shape index (κ1) is 19.6. The molecule has 0 aliphatic carbocycles. The van der Waals surface area contributed by atoms with Crippen LogP contribution in [0.1, 0.15) is 11.1 Å². The highest BCUT2D eigenvalue weighted by atomic mass is 19.4. The molecule has 1 amide bonds. The second-order valence-corrected chi connectivity index (χ2v) is 6.15. The van der Waals surface area contributed by atoms with Gasteiger partial charge in [-0.15, -0.1) is 5.10 Å². The van der Waals surface area contributed by atoms with Crippen LogP contribution in [-0.4, -0.2) is 34.6 Å². The maximum Gasteiger partial charge on any atom is 0.416 e. The van der Waals surface area contributed by atoms with Crippen molar-refractivity contribution in [2.24, 2.45) is 0 Å². The van der Waals surface area contributed by atoms with Crippen LogP contribution in [0.2, 0.25) is 0 Å². The Labute approximate surface area is 159 Å². The van der Waals surface area contributed by atoms with Gasteiger partial charge in [-0.2, -0.15) is 13.2 Å². The number of amides is 1. The number of hydrogen-bond donors (Lipinski definition) is 1. The fraction of sp³-hybridized carbons (Fsp3) is 0.211. The number of anilines is 1. The van der Waals surface area contributed by atoms with Crippen LogP contribution < -0.4 is 5.32 Å². The van der Waals surface area contributed by atoms with Crippen molar-refractivity contribution >= 4 is 11.9 Å². The molecule has 2 aromatic carbocycles. The van der Waals surface area contributed by atoms with Gasteiger partial charge in [0.25, 0.3) is 0 Å². The molecular formula is C19H17F3N4O2. The van der Waals surface area contributed by atoms with Crippen molar-refractivity contribution in [2.75, 3.05) is 18.9 Å². The van der Waals surface area contributed by atoms with Gasteiger partial charge >= 0.3 is 12.2 Å². The number of aromatic nitrogens is 2. The van der Waals surface area contributed by atoms with E-state index in [-0.39, 0.29) is 30.6 Å². The summed E-state index contributed by atoms with van der Waals surface area (Å²) in [7, 11) is 1.55. The molecule has 0 spiro atoms. The number of halogens is 3. The summed E-state index contributed by atoms with van der Waals surface area (Å²) in [6.45, 7) is -0.183. The Hall–Kier alpha value is -3.20. The van der Waals surface area contributed by atoms with Gasteiger partial charge in [-0.25, -0.2) is 0 Å². The molecule has 0 aliphatic rings. The number of hydrogen-bond acceptors (Lipinski definition) is 5. The third-order valence-corrected chi connectivity index (χ3v) is 3.87. The fourth-order valence-electron chi connectivity index (χ4n) is 2.66. The van der Waals surface area contributed by atoms with Crippen LogP contribution in [0, 0.1) is 0 Å². The van der Waals surface area contributed by atoms with E-state index < -0.39 is 17.6 Å². The number of carbonyl (C=O) groups is 1. The van der Waals surface area contributed by atoms with Crippen LogP contribution in [0.3, 0.4) is 0 Å². The summed E-state index contributed by atoms with van der Waals surface area (Å²) in [5.41, 5.74) is 0.0810. The van der Waals surface area contributed by atoms with Gasteiger partial charge in [0.1, 0.15) is 0 Å². The molecule has 3 aromatic rings. The maximum atomic E-state index is 13.1. The molecule has 0 unspecified atom stereocenters. The molecule has 0 fully saturated rings. The van der Waals surface area contributed by atoms with Crippen molar-refractivity contribution in [3.8, 4) is 11.5 Å². The summed E-state index contributed by atoms with van der Waals surface area (Å²) in [5.74, 6) is -0.224. The van der Waals surface area contributed by atoms with Gasteiger partial charge in [0.05, 0.1) is 12.1 Å². The highest BCUT2D eigenvalue weighted by Crippen LogP contribution is 2.32. The van der Waals surface area contributed by atoms with Crippen LogP contribution in [0.4, 0.5) is 19.2 Å². The molecule has 1 aromatic heterocycles. The summed E-state index contributed by atoms with van der Waals surface area (Å²) in [5, 5.41) is 10.1. The molecule has 146 valence electrons. The summed E-state index contributed by atoms with van der Waals surface area (Å²) < 4.78 is 44.6. The summed E-state index contributed by atoms with van der Waals surface area (Å²) in [6.07, 6.45) is -4.45. The number of nitrogens with zero attached hydrogens (tertiary/aromatic N) is 3. The van der Waals surface area contributed by atoms with Gasteiger partial charge < -0.3 is 4.42 Å². The predicted octanol–water partition coefficient (Wildman–Crippen LogP) is 3.83. The van der Waals surface area contributed by atoms with Gasteiger partial charge in [0, 0.05) is 12.1 Å². The van der Waals surface area contributed by atoms with E-state index in [4.69, 9.17) is 4.42 Å². The van der Waals surface area contributed by atoms with E-state index in [1.54, 1.807) is 19.2 Å². The molecule has 3 rings (SSSR count). The first-order valence-corrected chi connectivity index (χ1v) is 8.35. The number of rotatable bonds is 6. The lowest BCUT2D eigenvalue weighted by Gasteiger charge is -2.19. The monoisotopic (exact) mass is 390 g/mol. The Kier molecular flexibility index (Phi) is 5.74. The van der Waals surface area contributed by atoms with E-state index in [0.29, 0.717) is 5.56 Å². The lowest BCUT2D eigenvalue weighted by atomic mass is 10.1. The molecule has 6 nitrogen and oxygen atoms in total. The quantitative estimate of drug-likeness (QED) is 0.693. The first-order valence-electron chi connectivity index (χ1n) is 8.35. The Balaban J connectivity index is 1.59. The molecule has 0 radical (unpaired) electrons. The zero-order valence-corrected chi connectivity index (χ0v) is 14.9. The van der Waals surface area contributed by atoms with Gasteiger partial charge in [0.2, 0.25) is 11.8 Å². The Morgan fingerprint density at radius 3 is 2.46 bits per heavy atom. The molecule has 0 saturated heterocycles. The summed E-state index contributed by atoms with van der Waals surface area (Å²) in [4.78, 5) is 13.6. The lowest BCUT2D eigenvalue weighted by molar-refractivity contribution is -0.138. The van der Waals surface area contributed by atoms with Crippen molar-refractivity contribution < 1.29 is 22.4 Å². The molecular weight excluding hydrogens is 373 g/mol. The Morgan fingerprint density at radius 1 is 1.07 bits per heavy atom. The average molecular weight is 390 g/mol. The largest absolute Gasteiger partial charge is 0.416 e. The second-order valence-electron chi connectivity index (χ2n) is 6.15. The molecule has 0 aliphatic heterocycles. The van der Waals surface area contributed by atoms with Gasteiger partial charge in [-0.1, -0.05) is 41.5 Å². The number of benzene rings is 2. The van der Waals surface area contributed by atoms with Crippen molar-refractivity contribution in [2.45, 2.75) is 12.7 Å². The van der Waals surface area contributed by atoms with E-state index in [1.807, 2.05) is 18.2 Å². The van der Waals surface area contributed by atoms with Crippen LogP contribution in [-0.2, 0) is 17.5 Å². The van der Waals surface area contributed by atoms with E-state index >= 15 is 0 Å². The van der Waals surface area contributed by atoms with Crippen molar-refractivity contribution in [3.63, 3.8) is 0 Å². The molecule has 0 atom stereocenters. The Bertz CT molecular complexity index is 942. The zero-order chi connectivity index (χ0) is 20.1. The molecule has 0 saturated carbocycles. The average Bonchev–Trinajstić information content (AvgIpc) is 3.10. The molecule has 28 heavy (non-hydrogen) atoms. The molecule has 9 heteroatoms. The van der Waals surface area contributed by atoms with Gasteiger partial charge in [-0.05, 0) is 30.8 Å². The minimum Gasteiger partial charge on any atom is -0.403 e. The third-order valence-electron chi connectivity index (χ3n) is 3.87. The third kappa shape index (κ3) is 4.95. The maximum absolute atomic E-state index is 13.1. The van der Waals surface area contributed by atoms with Gasteiger partial charge in [0.15, 0.2) is 0 Å². The zero-order valence-electron chi connectivity index (χ0n) is 14.9. The predicted molar refractivity (Wildman–Crippen MR) is 96.1 cm³/mol. The fourth-order valence-corrected chi connectivity index (χ4v) is 2.66. The van der Waals surface area contributed by atoms with Crippen molar-refractivity contribution in [3.05, 3.63) is 65.7 Å². The van der Waals surface area contributed by atoms with E-state index in [0.717, 1.165) is 6.07 Å². The van der Waals surface area contributed by atoms with Gasteiger partial charge in [-0.3, -0.25) is 15.0 Å². The SMILES string of the molecule is CN(CC(=O)Nc1nnc(-c2ccccc2)o1)Cc1ccccc1C(F)(F)F. The highest BCUT2D eigenvalue weighted by molar-refractivity contribution is 5.90. The molecule has 1 heterocycles. The van der Waals surface area contributed by atoms with Crippen LogP contribution in [0.25, 0.3) is 11.5 Å². The molecule has 0 bridgehead atoms. The van der Waals surface area contributed by atoms with Crippen LogP contribution in [0.15, 0.2) is 59.0 Å². The standard InChI is InChI=1S/C19H17F3N4O2/c1-26(11-14-9-5-6-10-15(14)19(20,21)22)12-16(27)23-18-25-24-17(28-18)13-7-3-2-4-8-13/h2-10H,11-12H2,1H3,(H,23,25,27). The lowest BCUT2D eigenvalue weighted by Crippen LogP contribution is -2.30. The Morgan fingerprint density at radius 2 is 1.75 bits per heavy atom.